The second kappa shape index (κ2) is 4.84. The van der Waals surface area contributed by atoms with Crippen LogP contribution in [0, 0.1) is 5.41 Å². The molecule has 0 heterocycles. The zero-order chi connectivity index (χ0) is 11.4. The van der Waals surface area contributed by atoms with Crippen molar-refractivity contribution in [2.75, 3.05) is 13.7 Å². The molecule has 86 valence electrons. The van der Waals surface area contributed by atoms with Crippen LogP contribution in [0.5, 0.6) is 0 Å². The summed E-state index contributed by atoms with van der Waals surface area (Å²) in [4.78, 5) is 0. The van der Waals surface area contributed by atoms with Gasteiger partial charge in [-0.3, -0.25) is 0 Å². The summed E-state index contributed by atoms with van der Waals surface area (Å²) in [6, 6.07) is 10.8. The molecular formula is C15H20O. The van der Waals surface area contributed by atoms with Gasteiger partial charge in [0.15, 0.2) is 0 Å². The van der Waals surface area contributed by atoms with Crippen molar-refractivity contribution in [2.24, 2.45) is 5.41 Å². The molecule has 0 aromatic heterocycles. The van der Waals surface area contributed by atoms with Gasteiger partial charge in [-0.25, -0.2) is 0 Å². The molecule has 2 atom stereocenters. The van der Waals surface area contributed by atoms with Gasteiger partial charge < -0.3 is 4.74 Å². The molecule has 1 aliphatic rings. The van der Waals surface area contributed by atoms with Gasteiger partial charge >= 0.3 is 0 Å². The zero-order valence-corrected chi connectivity index (χ0v) is 9.99. The van der Waals surface area contributed by atoms with Crippen LogP contribution in [0.15, 0.2) is 43.0 Å². The molecule has 0 unspecified atom stereocenters. The summed E-state index contributed by atoms with van der Waals surface area (Å²) in [5.41, 5.74) is 1.66. The Labute approximate surface area is 98.1 Å². The van der Waals surface area contributed by atoms with Crippen molar-refractivity contribution in [1.29, 1.82) is 0 Å². The Hall–Kier alpha value is -1.08. The van der Waals surface area contributed by atoms with Crippen molar-refractivity contribution in [3.05, 3.63) is 48.6 Å². The minimum atomic E-state index is 0.204. The van der Waals surface area contributed by atoms with Crippen LogP contribution in [0.3, 0.4) is 0 Å². The molecular weight excluding hydrogens is 196 g/mol. The third kappa shape index (κ3) is 2.19. The molecule has 0 N–H and O–H groups in total. The molecule has 1 saturated carbocycles. The van der Waals surface area contributed by atoms with E-state index < -0.39 is 0 Å². The van der Waals surface area contributed by atoms with E-state index in [0.29, 0.717) is 5.92 Å². The summed E-state index contributed by atoms with van der Waals surface area (Å²) in [6.45, 7) is 4.79. The second-order valence-corrected chi connectivity index (χ2v) is 4.85. The van der Waals surface area contributed by atoms with Gasteiger partial charge in [0.25, 0.3) is 0 Å². The molecule has 1 aromatic carbocycles. The highest BCUT2D eigenvalue weighted by Crippen LogP contribution is 2.47. The number of hydrogen-bond acceptors (Lipinski definition) is 1. The van der Waals surface area contributed by atoms with E-state index in [-0.39, 0.29) is 5.41 Å². The number of benzene rings is 1. The molecule has 1 aliphatic carbocycles. The summed E-state index contributed by atoms with van der Waals surface area (Å²) in [5, 5.41) is 0. The lowest BCUT2D eigenvalue weighted by atomic mass is 9.85. The summed E-state index contributed by atoms with van der Waals surface area (Å²) in [5.74, 6) is 0.675. The zero-order valence-electron chi connectivity index (χ0n) is 9.99. The van der Waals surface area contributed by atoms with Gasteiger partial charge in [-0.2, -0.15) is 0 Å². The van der Waals surface area contributed by atoms with Gasteiger partial charge in [-0.15, -0.1) is 6.58 Å². The Morgan fingerprint density at radius 3 is 2.81 bits per heavy atom. The highest BCUT2D eigenvalue weighted by atomic mass is 16.5. The van der Waals surface area contributed by atoms with Crippen molar-refractivity contribution in [2.45, 2.75) is 25.2 Å². The van der Waals surface area contributed by atoms with Gasteiger partial charge in [-0.05, 0) is 30.7 Å². The minimum absolute atomic E-state index is 0.204. The monoisotopic (exact) mass is 216 g/mol. The lowest BCUT2D eigenvalue weighted by molar-refractivity contribution is 0.114. The maximum atomic E-state index is 5.33. The largest absolute Gasteiger partial charge is 0.384 e. The Morgan fingerprint density at radius 1 is 1.44 bits per heavy atom. The number of ether oxygens (including phenoxy) is 1. The van der Waals surface area contributed by atoms with Crippen LogP contribution in [0.4, 0.5) is 0 Å². The van der Waals surface area contributed by atoms with E-state index in [1.165, 1.54) is 24.8 Å². The second-order valence-electron chi connectivity index (χ2n) is 4.85. The van der Waals surface area contributed by atoms with Crippen LogP contribution in [0.1, 0.15) is 30.7 Å². The highest BCUT2D eigenvalue weighted by molar-refractivity contribution is 5.22. The highest BCUT2D eigenvalue weighted by Gasteiger charge is 2.37. The van der Waals surface area contributed by atoms with Gasteiger partial charge in [0, 0.05) is 12.5 Å². The first-order chi connectivity index (χ1) is 7.79. The first kappa shape index (κ1) is 11.4. The van der Waals surface area contributed by atoms with E-state index >= 15 is 0 Å². The molecule has 0 amide bonds. The minimum Gasteiger partial charge on any atom is -0.384 e. The first-order valence-corrected chi connectivity index (χ1v) is 5.97. The van der Waals surface area contributed by atoms with Crippen LogP contribution in [-0.4, -0.2) is 13.7 Å². The fraction of sp³-hybridized carbons (Fsp3) is 0.467. The Kier molecular flexibility index (Phi) is 3.45. The maximum Gasteiger partial charge on any atom is 0.0553 e. The molecule has 0 radical (unpaired) electrons. The third-order valence-corrected chi connectivity index (χ3v) is 3.78. The summed E-state index contributed by atoms with van der Waals surface area (Å²) < 4.78 is 5.33. The van der Waals surface area contributed by atoms with E-state index in [2.05, 4.69) is 43.0 Å². The predicted octanol–water partition coefficient (Wildman–Crippen LogP) is 3.77. The summed E-state index contributed by atoms with van der Waals surface area (Å²) in [6.07, 6.45) is 5.72. The standard InChI is InChI=1S/C15H20O/c1-3-15(12-16-2)10-9-14(11-15)13-7-5-4-6-8-13/h3-8,14H,1,9-12H2,2H3/t14-,15-/m1/s1. The average Bonchev–Trinajstić information content (AvgIpc) is 2.76. The fourth-order valence-corrected chi connectivity index (χ4v) is 2.83. The van der Waals surface area contributed by atoms with E-state index in [1.807, 2.05) is 0 Å². The van der Waals surface area contributed by atoms with E-state index in [9.17, 15) is 0 Å². The lowest BCUT2D eigenvalue weighted by Crippen LogP contribution is -2.20. The number of hydrogen-bond donors (Lipinski definition) is 0. The predicted molar refractivity (Wildman–Crippen MR) is 67.5 cm³/mol. The van der Waals surface area contributed by atoms with E-state index in [0.717, 1.165) is 6.61 Å². The molecule has 0 saturated heterocycles. The van der Waals surface area contributed by atoms with E-state index in [4.69, 9.17) is 4.74 Å². The average molecular weight is 216 g/mol. The molecule has 1 heteroatoms. The van der Waals surface area contributed by atoms with Crippen LogP contribution in [0.25, 0.3) is 0 Å². The molecule has 16 heavy (non-hydrogen) atoms. The van der Waals surface area contributed by atoms with Gasteiger partial charge in [0.1, 0.15) is 0 Å². The quantitative estimate of drug-likeness (QED) is 0.696. The van der Waals surface area contributed by atoms with Gasteiger partial charge in [-0.1, -0.05) is 36.4 Å². The smallest absolute Gasteiger partial charge is 0.0553 e. The fourth-order valence-electron chi connectivity index (χ4n) is 2.83. The molecule has 0 spiro atoms. The molecule has 0 bridgehead atoms. The van der Waals surface area contributed by atoms with Crippen LogP contribution in [-0.2, 0) is 4.74 Å². The van der Waals surface area contributed by atoms with E-state index in [1.54, 1.807) is 7.11 Å². The molecule has 1 nitrogen and oxygen atoms in total. The summed E-state index contributed by atoms with van der Waals surface area (Å²) in [7, 11) is 1.78. The summed E-state index contributed by atoms with van der Waals surface area (Å²) >= 11 is 0. The van der Waals surface area contributed by atoms with Crippen molar-refractivity contribution < 1.29 is 4.74 Å². The maximum absolute atomic E-state index is 5.33. The lowest BCUT2D eigenvalue weighted by Gasteiger charge is -2.24. The van der Waals surface area contributed by atoms with Crippen LogP contribution in [0.2, 0.25) is 0 Å². The Morgan fingerprint density at radius 2 is 2.19 bits per heavy atom. The van der Waals surface area contributed by atoms with Crippen LogP contribution >= 0.6 is 0 Å². The van der Waals surface area contributed by atoms with Gasteiger partial charge in [0.2, 0.25) is 0 Å². The van der Waals surface area contributed by atoms with Crippen molar-refractivity contribution in [3.63, 3.8) is 0 Å². The van der Waals surface area contributed by atoms with Crippen molar-refractivity contribution in [1.82, 2.24) is 0 Å². The molecule has 1 fully saturated rings. The number of rotatable bonds is 4. The van der Waals surface area contributed by atoms with Crippen molar-refractivity contribution in [3.8, 4) is 0 Å². The van der Waals surface area contributed by atoms with Crippen LogP contribution < -0.4 is 0 Å². The third-order valence-electron chi connectivity index (χ3n) is 3.78. The Balaban J connectivity index is 2.10. The molecule has 2 rings (SSSR count). The Bertz CT molecular complexity index is 344. The molecule has 1 aromatic rings. The number of methoxy groups -OCH3 is 1. The first-order valence-electron chi connectivity index (χ1n) is 5.97. The van der Waals surface area contributed by atoms with Crippen molar-refractivity contribution >= 4 is 0 Å². The topological polar surface area (TPSA) is 9.23 Å². The van der Waals surface area contributed by atoms with Gasteiger partial charge in [0.05, 0.1) is 6.61 Å². The SMILES string of the molecule is C=C[C@@]1(COC)CC[C@@H](c2ccccc2)C1. The molecule has 0 aliphatic heterocycles. The normalized spacial score (nSPS) is 29.2.